The monoisotopic (exact) mass is 233 g/mol. The van der Waals surface area contributed by atoms with Gasteiger partial charge in [0, 0.05) is 6.54 Å². The van der Waals surface area contributed by atoms with Crippen molar-refractivity contribution in [3.05, 3.63) is 0 Å². The largest absolute Gasteiger partial charge is 0.391 e. The summed E-state index contributed by atoms with van der Waals surface area (Å²) in [5.41, 5.74) is 0. The molecule has 1 atom stereocenters. The van der Waals surface area contributed by atoms with E-state index in [-0.39, 0.29) is 25.1 Å². The van der Waals surface area contributed by atoms with E-state index < -0.39 is 12.6 Å². The van der Waals surface area contributed by atoms with Gasteiger partial charge in [0.05, 0.1) is 19.1 Å². The lowest BCUT2D eigenvalue weighted by atomic mass is 10.1. The number of alkyl halides is 3. The first-order chi connectivity index (χ1) is 6.08. The summed E-state index contributed by atoms with van der Waals surface area (Å²) in [7, 11) is 0. The first kappa shape index (κ1) is 14.0. The Labute approximate surface area is 87.6 Å². The van der Waals surface area contributed by atoms with Gasteiger partial charge in [-0.05, 0) is 19.4 Å². The second kappa shape index (κ2) is 6.48. The van der Waals surface area contributed by atoms with E-state index in [1.807, 2.05) is 0 Å². The Balaban J connectivity index is 0.00000169. The molecule has 1 fully saturated rings. The molecule has 1 unspecified atom stereocenters. The van der Waals surface area contributed by atoms with Crippen molar-refractivity contribution < 1.29 is 17.9 Å². The van der Waals surface area contributed by atoms with Crippen LogP contribution in [-0.2, 0) is 4.74 Å². The van der Waals surface area contributed by atoms with E-state index in [1.54, 1.807) is 0 Å². The van der Waals surface area contributed by atoms with Crippen molar-refractivity contribution in [3.63, 3.8) is 0 Å². The van der Waals surface area contributed by atoms with E-state index in [0.717, 1.165) is 19.4 Å². The van der Waals surface area contributed by atoms with Crippen molar-refractivity contribution >= 4 is 12.4 Å². The lowest BCUT2D eigenvalue weighted by molar-refractivity contribution is -0.149. The molecule has 6 heteroatoms. The highest BCUT2D eigenvalue weighted by molar-refractivity contribution is 5.85. The lowest BCUT2D eigenvalue weighted by Gasteiger charge is -2.23. The number of hydrogen-bond donors (Lipinski definition) is 1. The molecular formula is C8H15ClF3NO. The Morgan fingerprint density at radius 2 is 2.07 bits per heavy atom. The zero-order chi connectivity index (χ0) is 9.73. The molecule has 0 saturated carbocycles. The third kappa shape index (κ3) is 6.45. The quantitative estimate of drug-likeness (QED) is 0.806. The Kier molecular flexibility index (Phi) is 6.48. The molecule has 0 spiro atoms. The molecule has 1 aliphatic heterocycles. The normalized spacial score (nSPS) is 22.9. The Hall–Kier alpha value is -0.0000000000000000416. The molecule has 0 aliphatic carbocycles. The van der Waals surface area contributed by atoms with Crippen molar-refractivity contribution in [2.75, 3.05) is 19.7 Å². The van der Waals surface area contributed by atoms with E-state index >= 15 is 0 Å². The van der Waals surface area contributed by atoms with Crippen LogP contribution in [0.5, 0.6) is 0 Å². The molecule has 0 aromatic rings. The van der Waals surface area contributed by atoms with Crippen LogP contribution in [0.3, 0.4) is 0 Å². The summed E-state index contributed by atoms with van der Waals surface area (Å²) < 4.78 is 40.2. The van der Waals surface area contributed by atoms with E-state index in [2.05, 4.69) is 5.32 Å². The molecular weight excluding hydrogens is 219 g/mol. The fourth-order valence-electron chi connectivity index (χ4n) is 1.30. The summed E-state index contributed by atoms with van der Waals surface area (Å²) >= 11 is 0. The number of ether oxygens (including phenoxy) is 1. The minimum atomic E-state index is -4.10. The summed E-state index contributed by atoms with van der Waals surface area (Å²) in [6.07, 6.45) is -3.12. The molecule has 1 saturated heterocycles. The Morgan fingerprint density at radius 1 is 1.36 bits per heavy atom. The molecule has 1 aliphatic rings. The molecule has 2 nitrogen and oxygen atoms in total. The molecule has 0 aromatic heterocycles. The highest BCUT2D eigenvalue weighted by Gasteiger charge is 2.27. The fourth-order valence-corrected chi connectivity index (χ4v) is 1.30. The predicted molar refractivity (Wildman–Crippen MR) is 49.8 cm³/mol. The van der Waals surface area contributed by atoms with Crippen molar-refractivity contribution in [2.24, 2.45) is 0 Å². The summed E-state index contributed by atoms with van der Waals surface area (Å²) in [6.45, 7) is 1.41. The SMILES string of the molecule is Cl.FC(F)(F)CCOC1CCCNC1. The van der Waals surface area contributed by atoms with E-state index in [1.165, 1.54) is 0 Å². The predicted octanol–water partition coefficient (Wildman–Crippen LogP) is 2.13. The highest BCUT2D eigenvalue weighted by Crippen LogP contribution is 2.19. The second-order valence-corrected chi connectivity index (χ2v) is 3.20. The number of rotatable bonds is 3. The van der Waals surface area contributed by atoms with Crippen molar-refractivity contribution in [2.45, 2.75) is 31.5 Å². The van der Waals surface area contributed by atoms with Gasteiger partial charge in [-0.3, -0.25) is 0 Å². The number of hydrogen-bond acceptors (Lipinski definition) is 2. The standard InChI is InChI=1S/C8H14F3NO.ClH/c9-8(10,11)3-5-13-7-2-1-4-12-6-7;/h7,12H,1-6H2;1H. The molecule has 1 rings (SSSR count). The molecule has 0 aromatic carbocycles. The van der Waals surface area contributed by atoms with Crippen LogP contribution in [0.15, 0.2) is 0 Å². The lowest BCUT2D eigenvalue weighted by Crippen LogP contribution is -2.35. The Bertz CT molecular complexity index is 148. The van der Waals surface area contributed by atoms with Gasteiger partial charge in [-0.15, -0.1) is 12.4 Å². The van der Waals surface area contributed by atoms with Gasteiger partial charge < -0.3 is 10.1 Å². The van der Waals surface area contributed by atoms with Gasteiger partial charge in [0.2, 0.25) is 0 Å². The number of halogens is 4. The van der Waals surface area contributed by atoms with Gasteiger partial charge in [-0.2, -0.15) is 13.2 Å². The van der Waals surface area contributed by atoms with Gasteiger partial charge in [0.1, 0.15) is 0 Å². The average molecular weight is 234 g/mol. The average Bonchev–Trinajstić information content (AvgIpc) is 2.04. The van der Waals surface area contributed by atoms with Crippen molar-refractivity contribution in [1.29, 1.82) is 0 Å². The maximum absolute atomic E-state index is 11.7. The second-order valence-electron chi connectivity index (χ2n) is 3.20. The third-order valence-electron chi connectivity index (χ3n) is 1.99. The third-order valence-corrected chi connectivity index (χ3v) is 1.99. The molecule has 0 bridgehead atoms. The van der Waals surface area contributed by atoms with Crippen LogP contribution in [0.2, 0.25) is 0 Å². The van der Waals surface area contributed by atoms with Crippen LogP contribution >= 0.6 is 12.4 Å². The van der Waals surface area contributed by atoms with Crippen LogP contribution < -0.4 is 5.32 Å². The van der Waals surface area contributed by atoms with Crippen LogP contribution in [0.1, 0.15) is 19.3 Å². The summed E-state index contributed by atoms with van der Waals surface area (Å²) in [4.78, 5) is 0. The van der Waals surface area contributed by atoms with Crippen LogP contribution in [-0.4, -0.2) is 32.0 Å². The van der Waals surface area contributed by atoms with Crippen LogP contribution in [0, 0.1) is 0 Å². The maximum atomic E-state index is 11.7. The van der Waals surface area contributed by atoms with Crippen LogP contribution in [0.25, 0.3) is 0 Å². The summed E-state index contributed by atoms with van der Waals surface area (Å²) in [5, 5.41) is 3.08. The molecule has 1 heterocycles. The smallest absolute Gasteiger partial charge is 0.377 e. The van der Waals surface area contributed by atoms with Crippen molar-refractivity contribution in [3.8, 4) is 0 Å². The zero-order valence-corrected chi connectivity index (χ0v) is 8.59. The van der Waals surface area contributed by atoms with Gasteiger partial charge in [0.15, 0.2) is 0 Å². The highest BCUT2D eigenvalue weighted by atomic mass is 35.5. The van der Waals surface area contributed by atoms with E-state index in [0.29, 0.717) is 6.54 Å². The molecule has 0 amide bonds. The van der Waals surface area contributed by atoms with Crippen molar-refractivity contribution in [1.82, 2.24) is 5.32 Å². The number of piperidine rings is 1. The maximum Gasteiger partial charge on any atom is 0.391 e. The van der Waals surface area contributed by atoms with Gasteiger partial charge in [-0.25, -0.2) is 0 Å². The van der Waals surface area contributed by atoms with Gasteiger partial charge in [-0.1, -0.05) is 0 Å². The van der Waals surface area contributed by atoms with E-state index in [9.17, 15) is 13.2 Å². The van der Waals surface area contributed by atoms with Gasteiger partial charge in [0.25, 0.3) is 0 Å². The minimum Gasteiger partial charge on any atom is -0.377 e. The minimum absolute atomic E-state index is 0. The molecule has 0 radical (unpaired) electrons. The van der Waals surface area contributed by atoms with Gasteiger partial charge >= 0.3 is 6.18 Å². The zero-order valence-electron chi connectivity index (χ0n) is 7.77. The Morgan fingerprint density at radius 3 is 2.57 bits per heavy atom. The summed E-state index contributed by atoms with van der Waals surface area (Å²) in [6, 6.07) is 0. The topological polar surface area (TPSA) is 21.3 Å². The molecule has 14 heavy (non-hydrogen) atoms. The first-order valence-corrected chi connectivity index (χ1v) is 4.47. The molecule has 86 valence electrons. The van der Waals surface area contributed by atoms with Crippen LogP contribution in [0.4, 0.5) is 13.2 Å². The summed E-state index contributed by atoms with van der Waals surface area (Å²) in [5.74, 6) is 0. The number of nitrogens with one attached hydrogen (secondary N) is 1. The first-order valence-electron chi connectivity index (χ1n) is 4.47. The van der Waals surface area contributed by atoms with E-state index in [4.69, 9.17) is 4.74 Å². The molecule has 1 N–H and O–H groups in total. The fraction of sp³-hybridized carbons (Fsp3) is 1.00.